The van der Waals surface area contributed by atoms with Crippen LogP contribution in [-0.4, -0.2) is 48.2 Å². The molecule has 2 aliphatic heterocycles. The van der Waals surface area contributed by atoms with Crippen molar-refractivity contribution >= 4 is 10.0 Å². The molecule has 21 heavy (non-hydrogen) atoms. The molecule has 2 aliphatic rings. The highest BCUT2D eigenvalue weighted by atomic mass is 32.2. The van der Waals surface area contributed by atoms with E-state index in [9.17, 15) is 8.42 Å². The van der Waals surface area contributed by atoms with Crippen LogP contribution in [0.3, 0.4) is 0 Å². The second kappa shape index (κ2) is 5.70. The van der Waals surface area contributed by atoms with Crippen molar-refractivity contribution in [2.75, 3.05) is 19.6 Å². The second-order valence-electron chi connectivity index (χ2n) is 6.18. The van der Waals surface area contributed by atoms with E-state index in [2.05, 4.69) is 10.4 Å². The molecule has 1 aromatic heterocycles. The highest BCUT2D eigenvalue weighted by Gasteiger charge is 2.39. The molecule has 0 bridgehead atoms. The first-order valence-electron chi connectivity index (χ1n) is 7.73. The van der Waals surface area contributed by atoms with Gasteiger partial charge >= 0.3 is 0 Å². The van der Waals surface area contributed by atoms with Crippen molar-refractivity contribution in [3.05, 3.63) is 11.9 Å². The zero-order valence-corrected chi connectivity index (χ0v) is 13.6. The van der Waals surface area contributed by atoms with E-state index in [-0.39, 0.29) is 6.04 Å². The standard InChI is InChI=1S/C14H24N4O2S/c1-11-14(10-17(2)16-11)21(19,20)18-8-4-3-5-12-9-15-7-6-13(12)18/h10,12-13,15H,3-9H2,1-2H3/t12-,13+/m0/s1. The van der Waals surface area contributed by atoms with Gasteiger partial charge in [0.05, 0.1) is 5.69 Å². The Labute approximate surface area is 126 Å². The molecule has 6 nitrogen and oxygen atoms in total. The van der Waals surface area contributed by atoms with Gasteiger partial charge in [-0.25, -0.2) is 8.42 Å². The van der Waals surface area contributed by atoms with Gasteiger partial charge in [-0.1, -0.05) is 6.42 Å². The summed E-state index contributed by atoms with van der Waals surface area (Å²) in [6, 6.07) is 0.137. The quantitative estimate of drug-likeness (QED) is 0.880. The van der Waals surface area contributed by atoms with Crippen LogP contribution in [0.25, 0.3) is 0 Å². The molecule has 3 rings (SSSR count). The average Bonchev–Trinajstić information content (AvgIpc) is 2.68. The lowest BCUT2D eigenvalue weighted by Gasteiger charge is -2.37. The largest absolute Gasteiger partial charge is 0.316 e. The van der Waals surface area contributed by atoms with Crippen molar-refractivity contribution in [1.29, 1.82) is 0 Å². The first kappa shape index (κ1) is 15.0. The van der Waals surface area contributed by atoms with Gasteiger partial charge in [0.25, 0.3) is 0 Å². The minimum absolute atomic E-state index is 0.137. The number of hydrogen-bond donors (Lipinski definition) is 1. The molecule has 0 unspecified atom stereocenters. The summed E-state index contributed by atoms with van der Waals surface area (Å²) in [7, 11) is -1.68. The first-order chi connectivity index (χ1) is 10.00. The van der Waals surface area contributed by atoms with E-state index in [0.717, 1.165) is 38.8 Å². The topological polar surface area (TPSA) is 67.2 Å². The molecule has 0 radical (unpaired) electrons. The molecule has 2 fully saturated rings. The molecule has 0 spiro atoms. The molecule has 0 saturated carbocycles. The van der Waals surface area contributed by atoms with Crippen molar-refractivity contribution in [3.8, 4) is 0 Å². The maximum absolute atomic E-state index is 13.1. The van der Waals surface area contributed by atoms with Gasteiger partial charge in [-0.3, -0.25) is 4.68 Å². The summed E-state index contributed by atoms with van der Waals surface area (Å²) in [5.74, 6) is 0.438. The molecule has 2 atom stereocenters. The predicted octanol–water partition coefficient (Wildman–Crippen LogP) is 0.881. The van der Waals surface area contributed by atoms with Crippen LogP contribution in [-0.2, 0) is 17.1 Å². The Morgan fingerprint density at radius 1 is 1.33 bits per heavy atom. The summed E-state index contributed by atoms with van der Waals surface area (Å²) in [5, 5.41) is 7.60. The average molecular weight is 312 g/mol. The molecule has 0 aliphatic carbocycles. The van der Waals surface area contributed by atoms with Gasteiger partial charge in [0.15, 0.2) is 0 Å². The van der Waals surface area contributed by atoms with Crippen molar-refractivity contribution in [2.45, 2.75) is 43.5 Å². The zero-order chi connectivity index (χ0) is 15.0. The van der Waals surface area contributed by atoms with Crippen molar-refractivity contribution in [3.63, 3.8) is 0 Å². The smallest absolute Gasteiger partial charge is 0.246 e. The molecular formula is C14H24N4O2S. The summed E-state index contributed by atoms with van der Waals surface area (Å²) in [6.45, 7) is 4.24. The van der Waals surface area contributed by atoms with Gasteiger partial charge in [0, 0.05) is 25.8 Å². The fraction of sp³-hybridized carbons (Fsp3) is 0.786. The minimum atomic E-state index is -3.44. The van der Waals surface area contributed by atoms with Crippen LogP contribution in [0.1, 0.15) is 31.4 Å². The van der Waals surface area contributed by atoms with Crippen molar-refractivity contribution < 1.29 is 8.42 Å². The van der Waals surface area contributed by atoms with Gasteiger partial charge in [-0.05, 0) is 45.2 Å². The van der Waals surface area contributed by atoms with Gasteiger partial charge in [-0.2, -0.15) is 9.40 Å². The van der Waals surface area contributed by atoms with Crippen LogP contribution < -0.4 is 5.32 Å². The van der Waals surface area contributed by atoms with Crippen LogP contribution in [0, 0.1) is 12.8 Å². The summed E-state index contributed by atoms with van der Waals surface area (Å²) in [5.41, 5.74) is 0.590. The summed E-state index contributed by atoms with van der Waals surface area (Å²) >= 11 is 0. The number of sulfonamides is 1. The molecule has 2 saturated heterocycles. The lowest BCUT2D eigenvalue weighted by atomic mass is 9.90. The van der Waals surface area contributed by atoms with E-state index in [1.165, 1.54) is 0 Å². The predicted molar refractivity (Wildman–Crippen MR) is 80.5 cm³/mol. The van der Waals surface area contributed by atoms with E-state index in [1.54, 1.807) is 29.2 Å². The number of fused-ring (bicyclic) bond motifs is 1. The molecule has 1 N–H and O–H groups in total. The van der Waals surface area contributed by atoms with Crippen LogP contribution in [0.4, 0.5) is 0 Å². The fourth-order valence-corrected chi connectivity index (χ4v) is 5.63. The highest BCUT2D eigenvalue weighted by molar-refractivity contribution is 7.89. The number of hydrogen-bond acceptors (Lipinski definition) is 4. The van der Waals surface area contributed by atoms with E-state index >= 15 is 0 Å². The van der Waals surface area contributed by atoms with Gasteiger partial charge in [0.2, 0.25) is 10.0 Å². The second-order valence-corrected chi connectivity index (χ2v) is 8.04. The molecule has 0 amide bonds. The molecule has 7 heteroatoms. The normalized spacial score (nSPS) is 28.1. The lowest BCUT2D eigenvalue weighted by molar-refractivity contribution is 0.203. The van der Waals surface area contributed by atoms with Crippen molar-refractivity contribution in [2.24, 2.45) is 13.0 Å². The van der Waals surface area contributed by atoms with Gasteiger partial charge < -0.3 is 5.32 Å². The summed E-state index contributed by atoms with van der Waals surface area (Å²) < 4.78 is 29.5. The molecular weight excluding hydrogens is 288 g/mol. The Morgan fingerprint density at radius 2 is 2.14 bits per heavy atom. The Morgan fingerprint density at radius 3 is 2.86 bits per heavy atom. The van der Waals surface area contributed by atoms with E-state index in [1.807, 2.05) is 0 Å². The first-order valence-corrected chi connectivity index (χ1v) is 9.17. The zero-order valence-electron chi connectivity index (χ0n) is 12.7. The fourth-order valence-electron chi connectivity index (χ4n) is 3.68. The van der Waals surface area contributed by atoms with E-state index < -0.39 is 10.0 Å². The minimum Gasteiger partial charge on any atom is -0.316 e. The number of piperidine rings is 1. The Hall–Kier alpha value is -0.920. The van der Waals surface area contributed by atoms with Crippen molar-refractivity contribution in [1.82, 2.24) is 19.4 Å². The lowest BCUT2D eigenvalue weighted by Crippen LogP contribution is -2.50. The highest BCUT2D eigenvalue weighted by Crippen LogP contribution is 2.32. The summed E-state index contributed by atoms with van der Waals surface area (Å²) in [6.07, 6.45) is 5.72. The van der Waals surface area contributed by atoms with Crippen LogP contribution in [0.15, 0.2) is 11.1 Å². The molecule has 0 aromatic carbocycles. The van der Waals surface area contributed by atoms with Crippen LogP contribution in [0.5, 0.6) is 0 Å². The monoisotopic (exact) mass is 312 g/mol. The van der Waals surface area contributed by atoms with Gasteiger partial charge in [0.1, 0.15) is 4.90 Å². The van der Waals surface area contributed by atoms with E-state index in [4.69, 9.17) is 0 Å². The number of rotatable bonds is 2. The Kier molecular flexibility index (Phi) is 4.07. The van der Waals surface area contributed by atoms with Gasteiger partial charge in [-0.15, -0.1) is 0 Å². The number of nitrogens with one attached hydrogen (secondary N) is 1. The Balaban J connectivity index is 1.97. The molecule has 3 heterocycles. The summed E-state index contributed by atoms with van der Waals surface area (Å²) in [4.78, 5) is 0.365. The molecule has 1 aromatic rings. The Bertz CT molecular complexity index is 610. The maximum Gasteiger partial charge on any atom is 0.246 e. The molecule has 118 valence electrons. The third-order valence-electron chi connectivity index (χ3n) is 4.70. The SMILES string of the molecule is Cc1nn(C)cc1S(=O)(=O)N1CCCC[C@H]2CNCC[C@H]21. The number of aromatic nitrogens is 2. The number of aryl methyl sites for hydroxylation is 2. The third kappa shape index (κ3) is 2.74. The van der Waals surface area contributed by atoms with Crippen LogP contribution in [0.2, 0.25) is 0 Å². The maximum atomic E-state index is 13.1. The van der Waals surface area contributed by atoms with E-state index in [0.29, 0.717) is 23.1 Å². The van der Waals surface area contributed by atoms with Crippen LogP contribution >= 0.6 is 0 Å². The third-order valence-corrected chi connectivity index (χ3v) is 6.72. The number of nitrogens with zero attached hydrogens (tertiary/aromatic N) is 3.